The highest BCUT2D eigenvalue weighted by atomic mass is 19.1. The number of rotatable bonds is 8. The summed E-state index contributed by atoms with van der Waals surface area (Å²) >= 11 is 0. The monoisotopic (exact) mass is 437 g/mol. The van der Waals surface area contributed by atoms with Crippen LogP contribution in [0, 0.1) is 5.82 Å². The standard InChI is InChI=1S/C22H20FN5O4/c1-30-16-6-7-17(18(13-16)31-2)22(29)24-10-11-32-20-9-8-19-25-26-21(28(19)27-20)14-4-3-5-15(23)12-14/h3-9,12-13H,10-11H2,1-2H3,(H,24,29). The summed E-state index contributed by atoms with van der Waals surface area (Å²) in [4.78, 5) is 12.5. The molecule has 4 aromatic rings. The maximum Gasteiger partial charge on any atom is 0.255 e. The molecule has 2 heterocycles. The average Bonchev–Trinajstić information content (AvgIpc) is 3.24. The molecule has 0 saturated carbocycles. The highest BCUT2D eigenvalue weighted by Crippen LogP contribution is 2.24. The van der Waals surface area contributed by atoms with Crippen molar-refractivity contribution in [1.29, 1.82) is 0 Å². The van der Waals surface area contributed by atoms with E-state index in [0.29, 0.717) is 40.0 Å². The molecule has 1 amide bonds. The van der Waals surface area contributed by atoms with Crippen molar-refractivity contribution in [1.82, 2.24) is 25.1 Å². The van der Waals surface area contributed by atoms with Crippen molar-refractivity contribution in [3.05, 3.63) is 66.0 Å². The van der Waals surface area contributed by atoms with Gasteiger partial charge in [-0.3, -0.25) is 4.79 Å². The van der Waals surface area contributed by atoms with Crippen molar-refractivity contribution in [2.24, 2.45) is 0 Å². The molecule has 2 aromatic carbocycles. The number of nitrogens with zero attached hydrogens (tertiary/aromatic N) is 4. The Morgan fingerprint density at radius 3 is 2.72 bits per heavy atom. The molecule has 9 nitrogen and oxygen atoms in total. The first-order chi connectivity index (χ1) is 15.6. The fourth-order valence-electron chi connectivity index (χ4n) is 3.06. The maximum absolute atomic E-state index is 13.6. The number of benzene rings is 2. The van der Waals surface area contributed by atoms with Gasteiger partial charge in [-0.15, -0.1) is 15.3 Å². The number of nitrogens with one attached hydrogen (secondary N) is 1. The molecule has 0 spiro atoms. The maximum atomic E-state index is 13.6. The van der Waals surface area contributed by atoms with E-state index in [0.717, 1.165) is 0 Å². The molecule has 0 aliphatic carbocycles. The van der Waals surface area contributed by atoms with E-state index in [1.807, 2.05) is 0 Å². The smallest absolute Gasteiger partial charge is 0.255 e. The van der Waals surface area contributed by atoms with E-state index >= 15 is 0 Å². The molecule has 2 aromatic heterocycles. The Morgan fingerprint density at radius 1 is 1.06 bits per heavy atom. The summed E-state index contributed by atoms with van der Waals surface area (Å²) in [6.45, 7) is 0.423. The van der Waals surface area contributed by atoms with E-state index in [1.54, 1.807) is 42.5 Å². The Hall–Kier alpha value is -4.21. The second-order valence-electron chi connectivity index (χ2n) is 6.65. The van der Waals surface area contributed by atoms with E-state index in [1.165, 1.54) is 30.9 Å². The zero-order valence-corrected chi connectivity index (χ0v) is 17.4. The molecule has 0 radical (unpaired) electrons. The van der Waals surface area contributed by atoms with Crippen molar-refractivity contribution in [2.75, 3.05) is 27.4 Å². The SMILES string of the molecule is COc1ccc(C(=O)NCCOc2ccc3nnc(-c4cccc(F)c4)n3n2)c(OC)c1. The largest absolute Gasteiger partial charge is 0.497 e. The number of ether oxygens (including phenoxy) is 3. The van der Waals surface area contributed by atoms with Crippen molar-refractivity contribution in [3.8, 4) is 28.8 Å². The summed E-state index contributed by atoms with van der Waals surface area (Å²) in [6.07, 6.45) is 0. The number of amides is 1. The molecule has 0 saturated heterocycles. The van der Waals surface area contributed by atoms with Crippen LogP contribution >= 0.6 is 0 Å². The van der Waals surface area contributed by atoms with Crippen molar-refractivity contribution >= 4 is 11.6 Å². The summed E-state index contributed by atoms with van der Waals surface area (Å²) in [5, 5.41) is 15.3. The van der Waals surface area contributed by atoms with E-state index in [-0.39, 0.29) is 24.9 Å². The molecule has 32 heavy (non-hydrogen) atoms. The van der Waals surface area contributed by atoms with E-state index in [9.17, 15) is 9.18 Å². The highest BCUT2D eigenvalue weighted by molar-refractivity contribution is 5.97. The first-order valence-electron chi connectivity index (χ1n) is 9.70. The van der Waals surface area contributed by atoms with Crippen LogP contribution in [-0.4, -0.2) is 53.1 Å². The second-order valence-corrected chi connectivity index (χ2v) is 6.65. The fourth-order valence-corrected chi connectivity index (χ4v) is 3.06. The lowest BCUT2D eigenvalue weighted by Gasteiger charge is -2.11. The van der Waals surface area contributed by atoms with Crippen molar-refractivity contribution < 1.29 is 23.4 Å². The molecule has 4 rings (SSSR count). The molecular formula is C22H20FN5O4. The lowest BCUT2D eigenvalue weighted by molar-refractivity contribution is 0.0943. The van der Waals surface area contributed by atoms with Crippen LogP contribution in [0.5, 0.6) is 17.4 Å². The first-order valence-corrected chi connectivity index (χ1v) is 9.70. The van der Waals surface area contributed by atoms with Crippen LogP contribution in [0.4, 0.5) is 4.39 Å². The Labute approximate surface area is 182 Å². The number of methoxy groups -OCH3 is 2. The Balaban J connectivity index is 1.40. The number of hydrogen-bond donors (Lipinski definition) is 1. The predicted octanol–water partition coefficient (Wildman–Crippen LogP) is 2.76. The summed E-state index contributed by atoms with van der Waals surface area (Å²) in [7, 11) is 3.03. The van der Waals surface area contributed by atoms with Crippen LogP contribution in [0.15, 0.2) is 54.6 Å². The van der Waals surface area contributed by atoms with E-state index < -0.39 is 0 Å². The lowest BCUT2D eigenvalue weighted by atomic mass is 10.1. The van der Waals surface area contributed by atoms with Crippen molar-refractivity contribution in [3.63, 3.8) is 0 Å². The van der Waals surface area contributed by atoms with Gasteiger partial charge in [-0.2, -0.15) is 4.52 Å². The van der Waals surface area contributed by atoms with Gasteiger partial charge < -0.3 is 19.5 Å². The Morgan fingerprint density at radius 2 is 1.94 bits per heavy atom. The van der Waals surface area contributed by atoms with Gasteiger partial charge >= 0.3 is 0 Å². The number of fused-ring (bicyclic) bond motifs is 1. The minimum absolute atomic E-state index is 0.181. The summed E-state index contributed by atoms with van der Waals surface area (Å²) in [5.74, 6) is 1.03. The molecule has 10 heteroatoms. The van der Waals surface area contributed by atoms with Gasteiger partial charge in [-0.25, -0.2) is 4.39 Å². The van der Waals surface area contributed by atoms with Gasteiger partial charge in [0.15, 0.2) is 11.5 Å². The van der Waals surface area contributed by atoms with E-state index in [4.69, 9.17) is 14.2 Å². The molecule has 1 N–H and O–H groups in total. The van der Waals surface area contributed by atoms with E-state index in [2.05, 4.69) is 20.6 Å². The van der Waals surface area contributed by atoms with Crippen LogP contribution in [0.2, 0.25) is 0 Å². The number of hydrogen-bond acceptors (Lipinski definition) is 7. The summed E-state index contributed by atoms with van der Waals surface area (Å²) < 4.78 is 31.1. The van der Waals surface area contributed by atoms with Gasteiger partial charge in [-0.05, 0) is 30.3 Å². The normalized spacial score (nSPS) is 10.7. The minimum atomic E-state index is -0.379. The lowest BCUT2D eigenvalue weighted by Crippen LogP contribution is -2.28. The average molecular weight is 437 g/mol. The molecule has 0 bridgehead atoms. The van der Waals surface area contributed by atoms with Gasteiger partial charge in [0.2, 0.25) is 5.88 Å². The molecule has 0 aliphatic heterocycles. The van der Waals surface area contributed by atoms with Gasteiger partial charge in [0.1, 0.15) is 23.9 Å². The third-order valence-corrected chi connectivity index (χ3v) is 4.61. The van der Waals surface area contributed by atoms with Crippen LogP contribution in [0.3, 0.4) is 0 Å². The Bertz CT molecular complexity index is 1260. The molecule has 0 fully saturated rings. The van der Waals surface area contributed by atoms with Gasteiger partial charge in [0.25, 0.3) is 5.91 Å². The molecule has 0 unspecified atom stereocenters. The Kier molecular flexibility index (Phi) is 6.11. The molecular weight excluding hydrogens is 417 g/mol. The second kappa shape index (κ2) is 9.29. The topological polar surface area (TPSA) is 99.9 Å². The van der Waals surface area contributed by atoms with Gasteiger partial charge in [-0.1, -0.05) is 12.1 Å². The van der Waals surface area contributed by atoms with Crippen LogP contribution in [-0.2, 0) is 0 Å². The van der Waals surface area contributed by atoms with Crippen LogP contribution in [0.25, 0.3) is 17.0 Å². The molecule has 0 atom stereocenters. The summed E-state index contributed by atoms with van der Waals surface area (Å²) in [6, 6.07) is 14.3. The molecule has 0 aliphatic rings. The minimum Gasteiger partial charge on any atom is -0.497 e. The number of aromatic nitrogens is 4. The summed E-state index contributed by atoms with van der Waals surface area (Å²) in [5.41, 5.74) is 1.43. The van der Waals surface area contributed by atoms with Crippen LogP contribution < -0.4 is 19.5 Å². The van der Waals surface area contributed by atoms with Crippen molar-refractivity contribution in [2.45, 2.75) is 0 Å². The first kappa shape index (κ1) is 21.0. The third kappa shape index (κ3) is 4.43. The number of carbonyl (C=O) groups is 1. The predicted molar refractivity (Wildman–Crippen MR) is 114 cm³/mol. The molecule has 164 valence electrons. The zero-order chi connectivity index (χ0) is 22.5. The van der Waals surface area contributed by atoms with Gasteiger partial charge in [0, 0.05) is 17.7 Å². The quantitative estimate of drug-likeness (QED) is 0.423. The highest BCUT2D eigenvalue weighted by Gasteiger charge is 2.14. The van der Waals surface area contributed by atoms with Crippen LogP contribution in [0.1, 0.15) is 10.4 Å². The number of halogens is 1. The fraction of sp³-hybridized carbons (Fsp3) is 0.182. The number of carbonyl (C=O) groups excluding carboxylic acids is 1. The third-order valence-electron chi connectivity index (χ3n) is 4.61. The van der Waals surface area contributed by atoms with Gasteiger partial charge in [0.05, 0.1) is 26.3 Å². The zero-order valence-electron chi connectivity index (χ0n) is 17.4.